The van der Waals surface area contributed by atoms with Crippen LogP contribution in [0.2, 0.25) is 0 Å². The van der Waals surface area contributed by atoms with Crippen molar-refractivity contribution in [3.05, 3.63) is 65.5 Å². The second-order valence-corrected chi connectivity index (χ2v) is 5.72. The minimum atomic E-state index is -0.761. The Kier molecular flexibility index (Phi) is 3.10. The fourth-order valence-corrected chi connectivity index (χ4v) is 3.62. The van der Waals surface area contributed by atoms with Crippen LogP contribution in [-0.2, 0) is 6.42 Å². The van der Waals surface area contributed by atoms with Crippen LogP contribution in [0.25, 0.3) is 0 Å². The summed E-state index contributed by atoms with van der Waals surface area (Å²) in [7, 11) is 0. The number of aliphatic hydroxyl groups is 1. The first-order valence-electron chi connectivity index (χ1n) is 5.93. The summed E-state index contributed by atoms with van der Waals surface area (Å²) in [6.07, 6.45) is 0.0275. The Morgan fingerprint density at radius 2 is 1.83 bits per heavy atom. The van der Waals surface area contributed by atoms with Gasteiger partial charge in [-0.3, -0.25) is 0 Å². The maximum absolute atomic E-state index is 13.7. The van der Waals surface area contributed by atoms with E-state index in [0.717, 1.165) is 6.42 Å². The highest BCUT2D eigenvalue weighted by atomic mass is 32.2. The predicted octanol–water partition coefficient (Wildman–Crippen LogP) is 3.58. The van der Waals surface area contributed by atoms with Gasteiger partial charge in [0.25, 0.3) is 0 Å². The van der Waals surface area contributed by atoms with E-state index in [1.54, 1.807) is 30.0 Å². The molecule has 1 nitrogen and oxygen atoms in total. The van der Waals surface area contributed by atoms with Gasteiger partial charge in [-0.05, 0) is 24.1 Å². The normalized spacial score (nSPS) is 19.6. The maximum Gasteiger partial charge on any atom is 0.129 e. The molecule has 0 aromatic heterocycles. The van der Waals surface area contributed by atoms with Crippen molar-refractivity contribution in [3.8, 4) is 0 Å². The van der Waals surface area contributed by atoms with Crippen LogP contribution in [0, 0.1) is 5.82 Å². The first-order chi connectivity index (χ1) is 8.75. The fourth-order valence-electron chi connectivity index (χ4n) is 2.30. The smallest absolute Gasteiger partial charge is 0.129 e. The van der Waals surface area contributed by atoms with Crippen molar-refractivity contribution in [2.45, 2.75) is 22.7 Å². The summed E-state index contributed by atoms with van der Waals surface area (Å²) >= 11 is 1.63. The average molecular weight is 260 g/mol. The first kappa shape index (κ1) is 11.8. The first-order valence-corrected chi connectivity index (χ1v) is 6.81. The second kappa shape index (κ2) is 4.75. The highest BCUT2D eigenvalue weighted by Gasteiger charge is 2.30. The molecule has 0 fully saturated rings. The lowest BCUT2D eigenvalue weighted by Crippen LogP contribution is -2.15. The van der Waals surface area contributed by atoms with E-state index >= 15 is 0 Å². The zero-order valence-corrected chi connectivity index (χ0v) is 10.5. The Balaban J connectivity index is 1.85. The van der Waals surface area contributed by atoms with Gasteiger partial charge in [0.15, 0.2) is 0 Å². The summed E-state index contributed by atoms with van der Waals surface area (Å²) in [5.41, 5.74) is 1.63. The van der Waals surface area contributed by atoms with Crippen molar-refractivity contribution in [1.29, 1.82) is 0 Å². The third kappa shape index (κ3) is 2.04. The van der Waals surface area contributed by atoms with Crippen LogP contribution in [0.3, 0.4) is 0 Å². The molecule has 0 amide bonds. The Bertz CT molecular complexity index is 545. The molecule has 0 radical (unpaired) electrons. The van der Waals surface area contributed by atoms with Crippen molar-refractivity contribution in [1.82, 2.24) is 0 Å². The number of thioether (sulfide) groups is 1. The average Bonchev–Trinajstić information content (AvgIpc) is 2.82. The molecule has 2 atom stereocenters. The van der Waals surface area contributed by atoms with Gasteiger partial charge in [-0.25, -0.2) is 4.39 Å². The largest absolute Gasteiger partial charge is 0.387 e. The lowest BCUT2D eigenvalue weighted by atomic mass is 10.0. The van der Waals surface area contributed by atoms with Crippen molar-refractivity contribution in [2.75, 3.05) is 0 Å². The molecule has 92 valence electrons. The van der Waals surface area contributed by atoms with Crippen molar-refractivity contribution >= 4 is 11.8 Å². The number of hydrogen-bond acceptors (Lipinski definition) is 2. The summed E-state index contributed by atoms with van der Waals surface area (Å²) in [6, 6.07) is 14.6. The van der Waals surface area contributed by atoms with Gasteiger partial charge in [-0.2, -0.15) is 0 Å². The van der Waals surface area contributed by atoms with Gasteiger partial charge in [0, 0.05) is 15.7 Å². The van der Waals surface area contributed by atoms with Crippen LogP contribution in [0.5, 0.6) is 0 Å². The van der Waals surface area contributed by atoms with E-state index in [1.165, 1.54) is 16.5 Å². The quantitative estimate of drug-likeness (QED) is 0.890. The van der Waals surface area contributed by atoms with Crippen LogP contribution in [0.15, 0.2) is 53.4 Å². The third-order valence-electron chi connectivity index (χ3n) is 3.25. The molecule has 0 saturated carbocycles. The minimum Gasteiger partial charge on any atom is -0.387 e. The second-order valence-electron chi connectivity index (χ2n) is 4.43. The van der Waals surface area contributed by atoms with Gasteiger partial charge in [-0.15, -0.1) is 11.8 Å². The van der Waals surface area contributed by atoms with Crippen LogP contribution in [0.4, 0.5) is 4.39 Å². The van der Waals surface area contributed by atoms with E-state index < -0.39 is 6.10 Å². The van der Waals surface area contributed by atoms with E-state index in [2.05, 4.69) is 6.07 Å². The molecular formula is C15H13FOS. The molecule has 3 rings (SSSR count). The fraction of sp³-hybridized carbons (Fsp3) is 0.200. The summed E-state index contributed by atoms with van der Waals surface area (Å²) < 4.78 is 13.7. The lowest BCUT2D eigenvalue weighted by Gasteiger charge is -2.17. The standard InChI is InChI=1S/C15H13FOS/c16-12-7-3-2-6-11(12)15(17)14-9-10-5-1-4-8-13(10)18-14/h1-8,14-15,17H,9H2. The monoisotopic (exact) mass is 260 g/mol. The SMILES string of the molecule is OC(c1ccccc1F)C1Cc2ccccc2S1. The topological polar surface area (TPSA) is 20.2 Å². The number of rotatable bonds is 2. The summed E-state index contributed by atoms with van der Waals surface area (Å²) in [6.45, 7) is 0. The molecule has 0 saturated heterocycles. The molecule has 1 heterocycles. The van der Waals surface area contributed by atoms with Crippen LogP contribution in [0.1, 0.15) is 17.2 Å². The molecule has 1 N–H and O–H groups in total. The minimum absolute atomic E-state index is 0.000648. The van der Waals surface area contributed by atoms with E-state index in [0.29, 0.717) is 5.56 Å². The summed E-state index contributed by atoms with van der Waals surface area (Å²) in [4.78, 5) is 1.19. The Hall–Kier alpha value is -1.32. The maximum atomic E-state index is 13.7. The molecule has 18 heavy (non-hydrogen) atoms. The number of fused-ring (bicyclic) bond motifs is 1. The van der Waals surface area contributed by atoms with E-state index in [-0.39, 0.29) is 11.1 Å². The van der Waals surface area contributed by atoms with Crippen molar-refractivity contribution in [2.24, 2.45) is 0 Å². The molecule has 2 aromatic carbocycles. The summed E-state index contributed by atoms with van der Waals surface area (Å²) in [5, 5.41) is 10.3. The molecular weight excluding hydrogens is 247 g/mol. The zero-order chi connectivity index (χ0) is 12.5. The molecule has 1 aliphatic rings. The molecule has 0 bridgehead atoms. The third-order valence-corrected chi connectivity index (χ3v) is 4.63. The Morgan fingerprint density at radius 3 is 2.61 bits per heavy atom. The number of benzene rings is 2. The molecule has 2 aromatic rings. The molecule has 0 aliphatic carbocycles. The number of aliphatic hydroxyl groups excluding tert-OH is 1. The Labute approximate surface area is 110 Å². The highest BCUT2D eigenvalue weighted by molar-refractivity contribution is 8.00. The van der Waals surface area contributed by atoms with Crippen LogP contribution >= 0.6 is 11.8 Å². The van der Waals surface area contributed by atoms with Gasteiger partial charge >= 0.3 is 0 Å². The molecule has 2 unspecified atom stereocenters. The van der Waals surface area contributed by atoms with Gasteiger partial charge in [-0.1, -0.05) is 36.4 Å². The van der Waals surface area contributed by atoms with E-state index in [9.17, 15) is 9.50 Å². The van der Waals surface area contributed by atoms with Crippen LogP contribution < -0.4 is 0 Å². The van der Waals surface area contributed by atoms with E-state index in [1.807, 2.05) is 18.2 Å². The lowest BCUT2D eigenvalue weighted by molar-refractivity contribution is 0.170. The number of halogens is 1. The molecule has 3 heteroatoms. The van der Waals surface area contributed by atoms with Gasteiger partial charge in [0.05, 0.1) is 6.10 Å². The van der Waals surface area contributed by atoms with Gasteiger partial charge in [0.2, 0.25) is 0 Å². The van der Waals surface area contributed by atoms with Gasteiger partial charge < -0.3 is 5.11 Å². The summed E-state index contributed by atoms with van der Waals surface area (Å²) in [5.74, 6) is -0.332. The van der Waals surface area contributed by atoms with Crippen LogP contribution in [-0.4, -0.2) is 10.4 Å². The molecule has 1 aliphatic heterocycles. The Morgan fingerprint density at radius 1 is 1.11 bits per heavy atom. The van der Waals surface area contributed by atoms with Crippen molar-refractivity contribution in [3.63, 3.8) is 0 Å². The van der Waals surface area contributed by atoms with E-state index in [4.69, 9.17) is 0 Å². The van der Waals surface area contributed by atoms with Gasteiger partial charge in [0.1, 0.15) is 5.82 Å². The molecule has 0 spiro atoms. The highest BCUT2D eigenvalue weighted by Crippen LogP contribution is 2.42. The van der Waals surface area contributed by atoms with Crippen molar-refractivity contribution < 1.29 is 9.50 Å². The predicted molar refractivity (Wildman–Crippen MR) is 71.2 cm³/mol. The zero-order valence-electron chi connectivity index (χ0n) is 9.71. The number of hydrogen-bond donors (Lipinski definition) is 1.